The number of anilines is 1. The zero-order valence-corrected chi connectivity index (χ0v) is 16.8. The molecule has 5 nitrogen and oxygen atoms in total. The van der Waals surface area contributed by atoms with Crippen LogP contribution in [0.15, 0.2) is 53.9 Å². The summed E-state index contributed by atoms with van der Waals surface area (Å²) in [5.41, 5.74) is 4.29. The Morgan fingerprint density at radius 3 is 2.82 bits per heavy atom. The van der Waals surface area contributed by atoms with Crippen LogP contribution in [0.1, 0.15) is 23.0 Å². The molecule has 0 unspecified atom stereocenters. The molecule has 1 amide bonds. The van der Waals surface area contributed by atoms with Gasteiger partial charge in [-0.05, 0) is 43.7 Å². The van der Waals surface area contributed by atoms with Gasteiger partial charge in [0.1, 0.15) is 16.5 Å². The van der Waals surface area contributed by atoms with Gasteiger partial charge in [0.25, 0.3) is 5.91 Å². The van der Waals surface area contributed by atoms with Crippen molar-refractivity contribution in [2.24, 2.45) is 0 Å². The van der Waals surface area contributed by atoms with Crippen molar-refractivity contribution < 1.29 is 9.53 Å². The molecule has 0 atom stereocenters. The average molecular weight is 391 g/mol. The van der Waals surface area contributed by atoms with E-state index in [1.54, 1.807) is 12.5 Å². The number of benzene rings is 2. The number of ether oxygens (including phenoxy) is 1. The highest BCUT2D eigenvalue weighted by atomic mass is 32.1. The van der Waals surface area contributed by atoms with E-state index >= 15 is 0 Å². The quantitative estimate of drug-likeness (QED) is 0.499. The SMILES string of the molecule is CCn1c(-c2nc(C(=O)Nc3cc(C)ccc3OC)cs2)cc2ccccc21. The summed E-state index contributed by atoms with van der Waals surface area (Å²) in [6.45, 7) is 4.92. The smallest absolute Gasteiger partial charge is 0.275 e. The Bertz CT molecular complexity index is 1160. The third kappa shape index (κ3) is 3.27. The maximum absolute atomic E-state index is 12.7. The van der Waals surface area contributed by atoms with E-state index < -0.39 is 0 Å². The fraction of sp³-hybridized carbons (Fsp3) is 0.182. The monoisotopic (exact) mass is 391 g/mol. The average Bonchev–Trinajstić information content (AvgIpc) is 3.32. The van der Waals surface area contributed by atoms with Gasteiger partial charge in [-0.3, -0.25) is 4.79 Å². The van der Waals surface area contributed by atoms with Crippen LogP contribution in [0.25, 0.3) is 21.6 Å². The summed E-state index contributed by atoms with van der Waals surface area (Å²) >= 11 is 1.48. The number of aryl methyl sites for hydroxylation is 2. The van der Waals surface area contributed by atoms with Crippen LogP contribution in [0.3, 0.4) is 0 Å². The molecule has 0 saturated carbocycles. The number of methoxy groups -OCH3 is 1. The van der Waals surface area contributed by atoms with E-state index in [0.717, 1.165) is 22.8 Å². The standard InChI is InChI=1S/C22H21N3O2S/c1-4-25-18-8-6-5-7-15(18)12-19(25)22-24-17(13-28-22)21(26)23-16-11-14(2)9-10-20(16)27-3/h5-13H,4H2,1-3H3,(H,23,26). The van der Waals surface area contributed by atoms with Crippen molar-refractivity contribution in [2.45, 2.75) is 20.4 Å². The van der Waals surface area contributed by atoms with E-state index in [9.17, 15) is 4.79 Å². The maximum Gasteiger partial charge on any atom is 0.275 e. The third-order valence-corrected chi connectivity index (χ3v) is 5.55. The van der Waals surface area contributed by atoms with Crippen molar-refractivity contribution >= 4 is 33.8 Å². The number of amides is 1. The number of para-hydroxylation sites is 1. The highest BCUT2D eigenvalue weighted by Crippen LogP contribution is 2.31. The van der Waals surface area contributed by atoms with Gasteiger partial charge >= 0.3 is 0 Å². The minimum atomic E-state index is -0.245. The Hall–Kier alpha value is -3.12. The second-order valence-electron chi connectivity index (χ2n) is 6.53. The molecule has 4 aromatic rings. The Labute approximate surface area is 167 Å². The van der Waals surface area contributed by atoms with Crippen LogP contribution in [0.5, 0.6) is 5.75 Å². The third-order valence-electron chi connectivity index (χ3n) is 4.69. The van der Waals surface area contributed by atoms with Gasteiger partial charge in [0.05, 0.1) is 18.5 Å². The lowest BCUT2D eigenvalue weighted by Gasteiger charge is -2.10. The largest absolute Gasteiger partial charge is 0.495 e. The van der Waals surface area contributed by atoms with Crippen molar-refractivity contribution in [1.29, 1.82) is 0 Å². The Balaban J connectivity index is 1.65. The summed E-state index contributed by atoms with van der Waals surface area (Å²) in [5, 5.41) is 6.71. The number of rotatable bonds is 5. The molecule has 0 saturated heterocycles. The molecular formula is C22H21N3O2S. The predicted octanol–water partition coefficient (Wildman–Crippen LogP) is 5.35. The molecule has 0 aliphatic rings. The van der Waals surface area contributed by atoms with Gasteiger partial charge in [-0.25, -0.2) is 4.98 Å². The molecule has 2 aromatic heterocycles. The van der Waals surface area contributed by atoms with Crippen LogP contribution >= 0.6 is 11.3 Å². The summed E-state index contributed by atoms with van der Waals surface area (Å²) in [5.74, 6) is 0.381. The molecule has 6 heteroatoms. The van der Waals surface area contributed by atoms with Crippen LogP contribution in [0.4, 0.5) is 5.69 Å². The minimum absolute atomic E-state index is 0.245. The van der Waals surface area contributed by atoms with Crippen molar-refractivity contribution in [3.8, 4) is 16.5 Å². The molecular weight excluding hydrogens is 370 g/mol. The number of carbonyl (C=O) groups excluding carboxylic acids is 1. The number of nitrogens with zero attached hydrogens (tertiary/aromatic N) is 2. The van der Waals surface area contributed by atoms with Crippen LogP contribution < -0.4 is 10.1 Å². The molecule has 0 aliphatic carbocycles. The molecule has 28 heavy (non-hydrogen) atoms. The fourth-order valence-corrected chi connectivity index (χ4v) is 4.15. The summed E-state index contributed by atoms with van der Waals surface area (Å²) in [6, 6.07) is 16.1. The lowest BCUT2D eigenvalue weighted by molar-refractivity contribution is 0.102. The zero-order chi connectivity index (χ0) is 19.7. The summed E-state index contributed by atoms with van der Waals surface area (Å²) < 4.78 is 7.56. The van der Waals surface area contributed by atoms with Gasteiger partial charge in [-0.15, -0.1) is 11.3 Å². The van der Waals surface area contributed by atoms with E-state index in [2.05, 4.69) is 40.0 Å². The zero-order valence-electron chi connectivity index (χ0n) is 16.0. The Kier molecular flexibility index (Phi) is 4.88. The van der Waals surface area contributed by atoms with Crippen molar-refractivity contribution in [3.05, 3.63) is 65.2 Å². The first-order valence-electron chi connectivity index (χ1n) is 9.11. The van der Waals surface area contributed by atoms with Gasteiger partial charge < -0.3 is 14.6 Å². The topological polar surface area (TPSA) is 56.2 Å². The molecule has 1 N–H and O–H groups in total. The first-order valence-corrected chi connectivity index (χ1v) is 9.99. The molecule has 0 aliphatic heterocycles. The first-order chi connectivity index (χ1) is 13.6. The minimum Gasteiger partial charge on any atom is -0.495 e. The van der Waals surface area contributed by atoms with E-state index in [1.165, 1.54) is 22.2 Å². The van der Waals surface area contributed by atoms with Crippen LogP contribution in [-0.2, 0) is 6.54 Å². The van der Waals surface area contributed by atoms with Gasteiger partial charge in [0, 0.05) is 22.8 Å². The number of thiazole rings is 1. The number of hydrogen-bond donors (Lipinski definition) is 1. The molecule has 2 heterocycles. The molecule has 0 spiro atoms. The normalized spacial score (nSPS) is 11.0. The number of fused-ring (bicyclic) bond motifs is 1. The van der Waals surface area contributed by atoms with Gasteiger partial charge in [0.15, 0.2) is 0 Å². The number of carbonyl (C=O) groups is 1. The predicted molar refractivity (Wildman–Crippen MR) is 114 cm³/mol. The van der Waals surface area contributed by atoms with E-state index in [4.69, 9.17) is 4.74 Å². The molecule has 4 rings (SSSR count). The number of hydrogen-bond acceptors (Lipinski definition) is 4. The van der Waals surface area contributed by atoms with Crippen molar-refractivity contribution in [1.82, 2.24) is 9.55 Å². The van der Waals surface area contributed by atoms with E-state index in [0.29, 0.717) is 17.1 Å². The van der Waals surface area contributed by atoms with Gasteiger partial charge in [-0.2, -0.15) is 0 Å². The Morgan fingerprint density at radius 2 is 2.04 bits per heavy atom. The number of aromatic nitrogens is 2. The van der Waals surface area contributed by atoms with E-state index in [-0.39, 0.29) is 5.91 Å². The lowest BCUT2D eigenvalue weighted by Crippen LogP contribution is -2.13. The second kappa shape index (κ2) is 7.48. The molecule has 0 bridgehead atoms. The maximum atomic E-state index is 12.7. The molecule has 2 aromatic carbocycles. The highest BCUT2D eigenvalue weighted by Gasteiger charge is 2.17. The van der Waals surface area contributed by atoms with Crippen LogP contribution in [0, 0.1) is 6.92 Å². The molecule has 0 fully saturated rings. The highest BCUT2D eigenvalue weighted by molar-refractivity contribution is 7.13. The Morgan fingerprint density at radius 1 is 1.21 bits per heavy atom. The fourth-order valence-electron chi connectivity index (χ4n) is 3.33. The van der Waals surface area contributed by atoms with Gasteiger partial charge in [0.2, 0.25) is 0 Å². The number of nitrogens with one attached hydrogen (secondary N) is 1. The van der Waals surface area contributed by atoms with Gasteiger partial charge in [-0.1, -0.05) is 24.3 Å². The summed E-state index contributed by atoms with van der Waals surface area (Å²) in [7, 11) is 1.59. The summed E-state index contributed by atoms with van der Waals surface area (Å²) in [4.78, 5) is 17.3. The van der Waals surface area contributed by atoms with Crippen LogP contribution in [0.2, 0.25) is 0 Å². The molecule has 142 valence electrons. The summed E-state index contributed by atoms with van der Waals surface area (Å²) in [6.07, 6.45) is 0. The second-order valence-corrected chi connectivity index (χ2v) is 7.39. The lowest BCUT2D eigenvalue weighted by atomic mass is 10.2. The first kappa shape index (κ1) is 18.3. The molecule has 0 radical (unpaired) electrons. The van der Waals surface area contributed by atoms with Crippen molar-refractivity contribution in [3.63, 3.8) is 0 Å². The van der Waals surface area contributed by atoms with Crippen LogP contribution in [-0.4, -0.2) is 22.6 Å². The van der Waals surface area contributed by atoms with E-state index in [1.807, 2.05) is 37.3 Å². The van der Waals surface area contributed by atoms with Crippen molar-refractivity contribution in [2.75, 3.05) is 12.4 Å².